The van der Waals surface area contributed by atoms with Crippen LogP contribution in [0.15, 0.2) is 42.5 Å². The number of likely N-dealkylation sites (tertiary alicyclic amines) is 1. The van der Waals surface area contributed by atoms with Gasteiger partial charge in [-0.25, -0.2) is 0 Å². The zero-order valence-electron chi connectivity index (χ0n) is 13.3. The van der Waals surface area contributed by atoms with Crippen molar-refractivity contribution < 1.29 is 9.53 Å². The molecule has 5 heteroatoms. The molecule has 1 aromatic carbocycles. The molecule has 0 bridgehead atoms. The predicted octanol–water partition coefficient (Wildman–Crippen LogP) is 2.58. The number of carbonyl (C=O) groups excluding carboxylic acids is 1. The van der Waals surface area contributed by atoms with E-state index >= 15 is 0 Å². The number of aromatic nitrogens is 2. The third-order valence-electron chi connectivity index (χ3n) is 4.34. The normalized spacial score (nSPS) is 15.4. The quantitative estimate of drug-likeness (QED) is 0.871. The summed E-state index contributed by atoms with van der Waals surface area (Å²) in [5.41, 5.74) is 1.76. The fourth-order valence-corrected chi connectivity index (χ4v) is 2.99. The van der Waals surface area contributed by atoms with Gasteiger partial charge in [0.2, 0.25) is 5.88 Å². The molecule has 0 radical (unpaired) electrons. The minimum Gasteiger partial charge on any atom is -0.480 e. The van der Waals surface area contributed by atoms with Gasteiger partial charge in [-0.05, 0) is 36.8 Å². The smallest absolute Gasteiger partial charge is 0.274 e. The Labute approximate surface area is 136 Å². The Morgan fingerprint density at radius 1 is 1.13 bits per heavy atom. The van der Waals surface area contributed by atoms with E-state index in [1.807, 2.05) is 11.0 Å². The van der Waals surface area contributed by atoms with E-state index in [0.717, 1.165) is 32.4 Å². The molecular formula is C18H21N3O2. The Morgan fingerprint density at radius 3 is 2.48 bits per heavy atom. The maximum Gasteiger partial charge on any atom is 0.274 e. The summed E-state index contributed by atoms with van der Waals surface area (Å²) in [6.07, 6.45) is 3.15. The summed E-state index contributed by atoms with van der Waals surface area (Å²) < 4.78 is 4.97. The van der Waals surface area contributed by atoms with Gasteiger partial charge in [0, 0.05) is 19.2 Å². The zero-order valence-corrected chi connectivity index (χ0v) is 13.3. The maximum atomic E-state index is 12.4. The van der Waals surface area contributed by atoms with Crippen molar-refractivity contribution >= 4 is 5.91 Å². The molecule has 3 rings (SSSR count). The molecule has 0 aliphatic carbocycles. The molecule has 0 unspecified atom stereocenters. The lowest BCUT2D eigenvalue weighted by atomic mass is 9.90. The summed E-state index contributed by atoms with van der Waals surface area (Å²) in [4.78, 5) is 14.3. The minimum atomic E-state index is -0.0432. The molecule has 23 heavy (non-hydrogen) atoms. The van der Waals surface area contributed by atoms with Crippen LogP contribution in [-0.4, -0.2) is 41.2 Å². The van der Waals surface area contributed by atoms with E-state index in [1.54, 1.807) is 12.1 Å². The van der Waals surface area contributed by atoms with E-state index in [1.165, 1.54) is 12.7 Å². The van der Waals surface area contributed by atoms with Crippen molar-refractivity contribution in [3.05, 3.63) is 53.7 Å². The summed E-state index contributed by atoms with van der Waals surface area (Å²) in [5, 5.41) is 7.81. The first-order valence-electron chi connectivity index (χ1n) is 7.97. The maximum absolute atomic E-state index is 12.4. The summed E-state index contributed by atoms with van der Waals surface area (Å²) in [6, 6.07) is 13.9. The molecule has 1 aromatic heterocycles. The van der Waals surface area contributed by atoms with Gasteiger partial charge in [-0.2, -0.15) is 0 Å². The van der Waals surface area contributed by atoms with Crippen molar-refractivity contribution in [2.24, 2.45) is 5.92 Å². The number of methoxy groups -OCH3 is 1. The summed E-state index contributed by atoms with van der Waals surface area (Å²) in [7, 11) is 1.53. The van der Waals surface area contributed by atoms with Crippen LogP contribution in [0.3, 0.4) is 0 Å². The predicted molar refractivity (Wildman–Crippen MR) is 87.4 cm³/mol. The van der Waals surface area contributed by atoms with E-state index < -0.39 is 0 Å². The largest absolute Gasteiger partial charge is 0.480 e. The number of carbonyl (C=O) groups is 1. The summed E-state index contributed by atoms with van der Waals surface area (Å²) in [5.74, 6) is 1.02. The highest BCUT2D eigenvalue weighted by Crippen LogP contribution is 2.22. The van der Waals surface area contributed by atoms with Crippen LogP contribution in [0.5, 0.6) is 5.88 Å². The second-order valence-electron chi connectivity index (χ2n) is 5.89. The summed E-state index contributed by atoms with van der Waals surface area (Å²) >= 11 is 0. The molecule has 1 aliphatic heterocycles. The molecule has 120 valence electrons. The van der Waals surface area contributed by atoms with E-state index in [-0.39, 0.29) is 5.91 Å². The average molecular weight is 311 g/mol. The van der Waals surface area contributed by atoms with E-state index in [0.29, 0.717) is 17.5 Å². The van der Waals surface area contributed by atoms with Gasteiger partial charge in [-0.15, -0.1) is 10.2 Å². The standard InChI is InChI=1S/C18H21N3O2/c1-23-17-8-7-16(19-20-17)18(22)21-11-9-15(10-12-21)13-14-5-3-2-4-6-14/h2-8,15H,9-13H2,1H3. The van der Waals surface area contributed by atoms with Gasteiger partial charge in [-0.1, -0.05) is 30.3 Å². The van der Waals surface area contributed by atoms with Crippen LogP contribution in [0.2, 0.25) is 0 Å². The molecule has 1 amide bonds. The lowest BCUT2D eigenvalue weighted by molar-refractivity contribution is 0.0683. The zero-order chi connectivity index (χ0) is 16.1. The molecule has 0 atom stereocenters. The van der Waals surface area contributed by atoms with Crippen LogP contribution < -0.4 is 4.74 Å². The van der Waals surface area contributed by atoms with Gasteiger partial charge in [0.15, 0.2) is 5.69 Å². The highest BCUT2D eigenvalue weighted by atomic mass is 16.5. The molecule has 2 heterocycles. The van der Waals surface area contributed by atoms with Crippen molar-refractivity contribution in [3.63, 3.8) is 0 Å². The van der Waals surface area contributed by atoms with Crippen LogP contribution in [0.25, 0.3) is 0 Å². The Bertz CT molecular complexity index is 635. The van der Waals surface area contributed by atoms with Gasteiger partial charge in [0.25, 0.3) is 5.91 Å². The van der Waals surface area contributed by atoms with E-state index in [4.69, 9.17) is 4.74 Å². The second-order valence-corrected chi connectivity index (χ2v) is 5.89. The van der Waals surface area contributed by atoms with Gasteiger partial charge in [-0.3, -0.25) is 4.79 Å². The molecule has 2 aromatic rings. The number of rotatable bonds is 4. The van der Waals surface area contributed by atoms with Gasteiger partial charge < -0.3 is 9.64 Å². The number of hydrogen-bond donors (Lipinski definition) is 0. The van der Waals surface area contributed by atoms with Crippen LogP contribution in [0.1, 0.15) is 28.9 Å². The fourth-order valence-electron chi connectivity index (χ4n) is 2.99. The number of nitrogens with zero attached hydrogens (tertiary/aromatic N) is 3. The SMILES string of the molecule is COc1ccc(C(=O)N2CCC(Cc3ccccc3)CC2)nn1. The van der Waals surface area contributed by atoms with Gasteiger partial charge in [0.1, 0.15) is 0 Å². The first-order valence-corrected chi connectivity index (χ1v) is 7.97. The number of piperidine rings is 1. The Hall–Kier alpha value is -2.43. The van der Waals surface area contributed by atoms with Crippen LogP contribution >= 0.6 is 0 Å². The number of hydrogen-bond acceptors (Lipinski definition) is 4. The highest BCUT2D eigenvalue weighted by molar-refractivity contribution is 5.92. The van der Waals surface area contributed by atoms with Crippen LogP contribution in [0.4, 0.5) is 0 Å². The Kier molecular flexibility index (Phi) is 4.86. The number of benzene rings is 1. The first-order chi connectivity index (χ1) is 11.3. The molecule has 1 saturated heterocycles. The average Bonchev–Trinajstić information content (AvgIpc) is 2.63. The van der Waals surface area contributed by atoms with Crippen molar-refractivity contribution in [3.8, 4) is 5.88 Å². The van der Waals surface area contributed by atoms with Crippen molar-refractivity contribution in [2.75, 3.05) is 20.2 Å². The topological polar surface area (TPSA) is 55.3 Å². The first kappa shape index (κ1) is 15.5. The van der Waals surface area contributed by atoms with Crippen LogP contribution in [-0.2, 0) is 6.42 Å². The number of amides is 1. The molecule has 0 spiro atoms. The molecule has 0 N–H and O–H groups in total. The monoisotopic (exact) mass is 311 g/mol. The highest BCUT2D eigenvalue weighted by Gasteiger charge is 2.24. The summed E-state index contributed by atoms with van der Waals surface area (Å²) in [6.45, 7) is 1.56. The Morgan fingerprint density at radius 2 is 1.87 bits per heavy atom. The molecule has 5 nitrogen and oxygen atoms in total. The van der Waals surface area contributed by atoms with Crippen molar-refractivity contribution in [1.29, 1.82) is 0 Å². The second kappa shape index (κ2) is 7.22. The van der Waals surface area contributed by atoms with E-state index in [9.17, 15) is 4.79 Å². The third-order valence-corrected chi connectivity index (χ3v) is 4.34. The lowest BCUT2D eigenvalue weighted by Crippen LogP contribution is -2.39. The molecule has 0 saturated carbocycles. The van der Waals surface area contributed by atoms with Gasteiger partial charge in [0.05, 0.1) is 7.11 Å². The molecular weight excluding hydrogens is 290 g/mol. The van der Waals surface area contributed by atoms with E-state index in [2.05, 4.69) is 34.5 Å². The minimum absolute atomic E-state index is 0.0432. The van der Waals surface area contributed by atoms with Gasteiger partial charge >= 0.3 is 0 Å². The number of ether oxygens (including phenoxy) is 1. The Balaban J connectivity index is 1.54. The van der Waals surface area contributed by atoms with Crippen LogP contribution in [0, 0.1) is 5.92 Å². The fraction of sp³-hybridized carbons (Fsp3) is 0.389. The molecule has 1 aliphatic rings. The van der Waals surface area contributed by atoms with Crippen molar-refractivity contribution in [1.82, 2.24) is 15.1 Å². The molecule has 1 fully saturated rings. The van der Waals surface area contributed by atoms with Crippen molar-refractivity contribution in [2.45, 2.75) is 19.3 Å². The lowest BCUT2D eigenvalue weighted by Gasteiger charge is -2.31. The third kappa shape index (κ3) is 3.86.